The van der Waals surface area contributed by atoms with E-state index in [0.717, 1.165) is 17.5 Å². The van der Waals surface area contributed by atoms with Gasteiger partial charge in [0.1, 0.15) is 12.4 Å². The highest BCUT2D eigenvalue weighted by Gasteiger charge is 2.49. The van der Waals surface area contributed by atoms with Gasteiger partial charge < -0.3 is 20.5 Å². The van der Waals surface area contributed by atoms with Crippen molar-refractivity contribution in [2.75, 3.05) is 13.2 Å². The maximum atomic E-state index is 15.7. The minimum atomic E-state index is -0.832. The van der Waals surface area contributed by atoms with Gasteiger partial charge >= 0.3 is 5.97 Å². The van der Waals surface area contributed by atoms with Gasteiger partial charge in [0.05, 0.1) is 12.1 Å². The van der Waals surface area contributed by atoms with Gasteiger partial charge in [0, 0.05) is 24.1 Å². The quantitative estimate of drug-likeness (QED) is 0.616. The van der Waals surface area contributed by atoms with Crippen molar-refractivity contribution in [3.63, 3.8) is 0 Å². The number of carboxylic acids is 1. The molecule has 2 unspecified atom stereocenters. The lowest BCUT2D eigenvalue weighted by molar-refractivity contribution is -0.137. The van der Waals surface area contributed by atoms with E-state index in [0.29, 0.717) is 37.0 Å². The molecular weight excluding hydrogens is 411 g/mol. The third kappa shape index (κ3) is 4.69. The Kier molecular flexibility index (Phi) is 6.58. The van der Waals surface area contributed by atoms with Gasteiger partial charge in [-0.2, -0.15) is 0 Å². The summed E-state index contributed by atoms with van der Waals surface area (Å²) in [5.41, 5.74) is 2.27. The lowest BCUT2D eigenvalue weighted by atomic mass is 9.84. The van der Waals surface area contributed by atoms with E-state index >= 15 is 4.39 Å². The average molecular weight is 441 g/mol. The Balaban J connectivity index is 1.60. The van der Waals surface area contributed by atoms with Crippen LogP contribution in [0.1, 0.15) is 37.3 Å². The number of morpholine rings is 1. The highest BCUT2D eigenvalue weighted by atomic mass is 19.1. The number of ether oxygens (including phenoxy) is 1. The van der Waals surface area contributed by atoms with Gasteiger partial charge in [-0.25, -0.2) is 4.39 Å². The molecule has 32 heavy (non-hydrogen) atoms. The number of aliphatic carboxylic acids is 1. The largest absolute Gasteiger partial charge is 0.481 e. The van der Waals surface area contributed by atoms with E-state index in [1.54, 1.807) is 12.1 Å². The lowest BCUT2D eigenvalue weighted by Gasteiger charge is -2.39. The number of halogens is 1. The molecule has 2 saturated heterocycles. The third-order valence-corrected chi connectivity index (χ3v) is 6.45. The van der Waals surface area contributed by atoms with Crippen molar-refractivity contribution < 1.29 is 23.8 Å². The fourth-order valence-corrected chi connectivity index (χ4v) is 5.07. The smallest absolute Gasteiger partial charge is 0.303 e. The lowest BCUT2D eigenvalue weighted by Crippen LogP contribution is -2.63. The van der Waals surface area contributed by atoms with Crippen LogP contribution in [0.5, 0.6) is 0 Å². The second kappa shape index (κ2) is 9.38. The van der Waals surface area contributed by atoms with Gasteiger partial charge in [-0.1, -0.05) is 42.5 Å². The van der Waals surface area contributed by atoms with E-state index in [9.17, 15) is 9.59 Å². The molecule has 2 aromatic carbocycles. The summed E-state index contributed by atoms with van der Waals surface area (Å²) in [4.78, 5) is 22.9. The standard InChI is InChI=1S/C25H29FN2O4/c1-16-13-25(15-32-14-22(29)28-25)21(27-16)12-18-8-4-10-20(24(18)26)19-9-3-2-6-17(19)7-5-11-23(30)31/h2-4,6,8-10,16,21,27H,5,7,11-15H2,1H3,(H,28,29)(H,30,31)/t16-,21?,25?/m1/s1. The zero-order valence-corrected chi connectivity index (χ0v) is 18.2. The number of aryl methyl sites for hydroxylation is 1. The van der Waals surface area contributed by atoms with Crippen LogP contribution in [0.25, 0.3) is 11.1 Å². The first-order valence-electron chi connectivity index (χ1n) is 11.1. The number of carbonyl (C=O) groups is 2. The van der Waals surface area contributed by atoms with Crippen LogP contribution in [0.2, 0.25) is 0 Å². The van der Waals surface area contributed by atoms with Crippen molar-refractivity contribution in [2.45, 2.75) is 56.7 Å². The van der Waals surface area contributed by atoms with Gasteiger partial charge in [-0.3, -0.25) is 9.59 Å². The molecule has 7 heteroatoms. The van der Waals surface area contributed by atoms with Crippen LogP contribution in [-0.2, 0) is 27.2 Å². The fraction of sp³-hybridized carbons (Fsp3) is 0.440. The van der Waals surface area contributed by atoms with Crippen molar-refractivity contribution in [1.29, 1.82) is 0 Å². The number of nitrogens with one attached hydrogen (secondary N) is 2. The Morgan fingerprint density at radius 1 is 1.19 bits per heavy atom. The third-order valence-electron chi connectivity index (χ3n) is 6.45. The monoisotopic (exact) mass is 440 g/mol. The molecule has 170 valence electrons. The number of amides is 1. The predicted molar refractivity (Wildman–Crippen MR) is 119 cm³/mol. The number of hydrogen-bond donors (Lipinski definition) is 3. The van der Waals surface area contributed by atoms with E-state index < -0.39 is 11.5 Å². The molecule has 2 aliphatic heterocycles. The van der Waals surface area contributed by atoms with Crippen molar-refractivity contribution in [3.8, 4) is 11.1 Å². The molecule has 1 amide bonds. The molecule has 0 radical (unpaired) electrons. The van der Waals surface area contributed by atoms with E-state index in [4.69, 9.17) is 9.84 Å². The maximum Gasteiger partial charge on any atom is 0.303 e. The molecule has 0 aliphatic carbocycles. The highest BCUT2D eigenvalue weighted by molar-refractivity contribution is 5.79. The van der Waals surface area contributed by atoms with E-state index in [1.807, 2.05) is 30.3 Å². The molecule has 6 nitrogen and oxygen atoms in total. The second-order valence-electron chi connectivity index (χ2n) is 8.91. The van der Waals surface area contributed by atoms with Crippen molar-refractivity contribution in [3.05, 3.63) is 59.4 Å². The van der Waals surface area contributed by atoms with Crippen molar-refractivity contribution >= 4 is 11.9 Å². The van der Waals surface area contributed by atoms with E-state index in [-0.39, 0.29) is 36.8 Å². The molecular formula is C25H29FN2O4. The Morgan fingerprint density at radius 3 is 2.72 bits per heavy atom. The molecule has 4 rings (SSSR count). The Morgan fingerprint density at radius 2 is 1.94 bits per heavy atom. The minimum Gasteiger partial charge on any atom is -0.481 e. The molecule has 0 bridgehead atoms. The molecule has 0 saturated carbocycles. The van der Waals surface area contributed by atoms with Crippen LogP contribution < -0.4 is 10.6 Å². The first kappa shape index (κ1) is 22.4. The number of hydrogen-bond acceptors (Lipinski definition) is 4. The number of rotatable bonds is 7. The number of carbonyl (C=O) groups excluding carboxylic acids is 1. The predicted octanol–water partition coefficient (Wildman–Crippen LogP) is 3.08. The Hall–Kier alpha value is -2.77. The molecule has 2 fully saturated rings. The topological polar surface area (TPSA) is 87.7 Å². The van der Waals surface area contributed by atoms with Crippen LogP contribution in [0.3, 0.4) is 0 Å². The van der Waals surface area contributed by atoms with Gasteiger partial charge in [-0.15, -0.1) is 0 Å². The van der Waals surface area contributed by atoms with Gasteiger partial charge in [0.2, 0.25) is 5.91 Å². The summed E-state index contributed by atoms with van der Waals surface area (Å²) < 4.78 is 21.3. The summed E-state index contributed by atoms with van der Waals surface area (Å²) in [6.45, 7) is 2.53. The molecule has 3 N–H and O–H groups in total. The molecule has 1 spiro atoms. The van der Waals surface area contributed by atoms with Crippen LogP contribution in [0.4, 0.5) is 4.39 Å². The van der Waals surface area contributed by atoms with Crippen LogP contribution in [0, 0.1) is 5.82 Å². The molecule has 0 aromatic heterocycles. The molecule has 2 heterocycles. The molecule has 2 aliphatic rings. The first-order valence-corrected chi connectivity index (χ1v) is 11.1. The van der Waals surface area contributed by atoms with Gasteiger partial charge in [-0.05, 0) is 49.3 Å². The fourth-order valence-electron chi connectivity index (χ4n) is 5.07. The second-order valence-corrected chi connectivity index (χ2v) is 8.91. The minimum absolute atomic E-state index is 0.0609. The summed E-state index contributed by atoms with van der Waals surface area (Å²) in [7, 11) is 0. The van der Waals surface area contributed by atoms with Gasteiger partial charge in [0.25, 0.3) is 0 Å². The maximum absolute atomic E-state index is 15.7. The van der Waals surface area contributed by atoms with Crippen molar-refractivity contribution in [2.24, 2.45) is 0 Å². The van der Waals surface area contributed by atoms with Crippen LogP contribution in [-0.4, -0.2) is 47.8 Å². The first-order chi connectivity index (χ1) is 15.4. The SMILES string of the molecule is C[C@@H]1CC2(COCC(=O)N2)C(Cc2cccc(-c3ccccc3CCCC(=O)O)c2F)N1. The molecule has 2 aromatic rings. The highest BCUT2D eigenvalue weighted by Crippen LogP contribution is 2.33. The van der Waals surface area contributed by atoms with Crippen LogP contribution >= 0.6 is 0 Å². The van der Waals surface area contributed by atoms with Crippen LogP contribution in [0.15, 0.2) is 42.5 Å². The number of benzene rings is 2. The van der Waals surface area contributed by atoms with Gasteiger partial charge in [0.15, 0.2) is 0 Å². The summed E-state index contributed by atoms with van der Waals surface area (Å²) in [5, 5.41) is 15.5. The Bertz CT molecular complexity index is 1010. The van der Waals surface area contributed by atoms with Crippen molar-refractivity contribution in [1.82, 2.24) is 10.6 Å². The Labute approximate surface area is 187 Å². The summed E-state index contributed by atoms with van der Waals surface area (Å²) >= 11 is 0. The average Bonchev–Trinajstić information content (AvgIpc) is 3.03. The summed E-state index contributed by atoms with van der Waals surface area (Å²) in [6.07, 6.45) is 2.31. The normalized spacial score (nSPS) is 25.1. The zero-order valence-electron chi connectivity index (χ0n) is 18.2. The number of carboxylic acid groups (broad SMARTS) is 1. The van der Waals surface area contributed by atoms with E-state index in [2.05, 4.69) is 17.6 Å². The van der Waals surface area contributed by atoms with E-state index in [1.165, 1.54) is 0 Å². The summed E-state index contributed by atoms with van der Waals surface area (Å²) in [5.74, 6) is -1.25. The molecule has 3 atom stereocenters. The summed E-state index contributed by atoms with van der Waals surface area (Å²) in [6, 6.07) is 13.0. The zero-order chi connectivity index (χ0) is 22.7.